The number of hydrogen-bond acceptors (Lipinski definition) is 10. The molecule has 0 N–H and O–H groups in total. The number of anilines is 9. The van der Waals surface area contributed by atoms with Crippen molar-refractivity contribution in [3.63, 3.8) is 0 Å². The Morgan fingerprint density at radius 2 is 0.432 bits per heavy atom. The molecule has 0 radical (unpaired) electrons. The Hall–Kier alpha value is -18.8. The first kappa shape index (κ1) is 82.2. The number of benzene rings is 23. The van der Waals surface area contributed by atoms with Crippen molar-refractivity contribution in [2.75, 3.05) is 14.7 Å². The number of fused-ring (bicyclic) bond motifs is 18. The molecule has 4 heterocycles. The Bertz CT molecular complexity index is 9080. The van der Waals surface area contributed by atoms with Crippen LogP contribution < -0.4 is 14.7 Å². The number of hydrogen-bond donors (Lipinski definition) is 0. The van der Waals surface area contributed by atoms with Crippen LogP contribution in [0.3, 0.4) is 0 Å². The Morgan fingerprint density at radius 3 is 0.878 bits per heavy atom. The number of rotatable bonds is 16. The van der Waals surface area contributed by atoms with Gasteiger partial charge in [0.25, 0.3) is 0 Å². The van der Waals surface area contributed by atoms with Crippen molar-refractivity contribution < 1.29 is 17.7 Å². The second-order valence-electron chi connectivity index (χ2n) is 34.8. The van der Waals surface area contributed by atoms with Gasteiger partial charge in [0.15, 0.2) is 16.7 Å². The first-order valence-electron chi connectivity index (χ1n) is 46.8. The maximum absolute atomic E-state index is 6.54. The van der Waals surface area contributed by atoms with E-state index in [0.29, 0.717) is 17.7 Å². The van der Waals surface area contributed by atoms with Crippen LogP contribution in [0.15, 0.2) is 527 Å². The molecule has 0 unspecified atom stereocenters. The Labute approximate surface area is 801 Å². The monoisotopic (exact) mass is 1780 g/mol. The fourth-order valence-electron chi connectivity index (χ4n) is 19.6. The van der Waals surface area contributed by atoms with Gasteiger partial charge in [-0.05, 0) is 257 Å². The normalized spacial score (nSPS) is 11.5. The summed E-state index contributed by atoms with van der Waals surface area (Å²) in [6.45, 7) is 0. The lowest BCUT2D eigenvalue weighted by Gasteiger charge is -2.27. The van der Waals surface area contributed by atoms with Crippen molar-refractivity contribution in [2.45, 2.75) is 0 Å². The van der Waals surface area contributed by atoms with Crippen LogP contribution in [-0.4, -0.2) is 15.0 Å². The third kappa shape index (κ3) is 15.7. The molecule has 0 aliphatic heterocycles. The molecule has 23 aromatic carbocycles. The highest BCUT2D eigenvalue weighted by Gasteiger charge is 2.25. The summed E-state index contributed by atoms with van der Waals surface area (Å²) in [7, 11) is 0. The lowest BCUT2D eigenvalue weighted by molar-refractivity contribution is 0.623. The Balaban J connectivity index is 0.000000111. The SMILES string of the molecule is c1ccc(-c2ccc(N(c3ccc(-c4ccccc4)cc3)c3ccc4ccc5ccc6nc(-c7ccccc7)oc6c5c4c3)cc2)cc1.c1ccc(-c2ccc(N(c3ccc4c(c3)oc3ccccc34)c3cccc4c3ccc3ccc5nc(-c6ccccc6)oc5c34)cc2)cc1.c1ccc(-c2nc3ccc4ccc5ccc(-c6ccc(N(c7ccccc7)c7ccccc7)cc6)cc5c4c3o2)cc1. The van der Waals surface area contributed by atoms with Crippen molar-refractivity contribution in [1.82, 2.24) is 15.0 Å². The van der Waals surface area contributed by atoms with E-state index in [9.17, 15) is 0 Å². The average molecular weight is 1780 g/mol. The molecule has 27 aromatic rings. The molecule has 654 valence electrons. The van der Waals surface area contributed by atoms with Gasteiger partial charge in [0, 0.05) is 101 Å². The van der Waals surface area contributed by atoms with E-state index in [1.165, 1.54) is 38.8 Å². The van der Waals surface area contributed by atoms with E-state index in [4.69, 9.17) is 32.6 Å². The van der Waals surface area contributed by atoms with Crippen LogP contribution in [0.1, 0.15) is 0 Å². The molecule has 4 aromatic heterocycles. The van der Waals surface area contributed by atoms with Gasteiger partial charge in [0.05, 0.1) is 5.69 Å². The quantitative estimate of drug-likeness (QED) is 0.0870. The van der Waals surface area contributed by atoms with Gasteiger partial charge in [-0.3, -0.25) is 0 Å². The van der Waals surface area contributed by atoms with Crippen LogP contribution in [0, 0.1) is 0 Å². The molecule has 10 heteroatoms. The zero-order valence-corrected chi connectivity index (χ0v) is 75.3. The second-order valence-corrected chi connectivity index (χ2v) is 34.8. The van der Waals surface area contributed by atoms with Gasteiger partial charge < -0.3 is 32.4 Å². The lowest BCUT2D eigenvalue weighted by Crippen LogP contribution is -2.10. The fraction of sp³-hybridized carbons (Fsp3) is 0. The van der Waals surface area contributed by atoms with Crippen LogP contribution in [0.4, 0.5) is 51.2 Å². The first-order valence-corrected chi connectivity index (χ1v) is 46.8. The van der Waals surface area contributed by atoms with E-state index in [2.05, 4.69) is 391 Å². The standard InChI is InChI=1S/C45H28N2O2.C45H30N2O.C39H26N2O/c1-3-10-29(11-4-1)30-18-22-33(23-19-30)47(34-24-26-37-36-14-7-8-17-41(36)48-42(37)28-34)40-16-9-15-38-35(40)25-20-31-21-27-39-44(43(31)38)49-45(46-39)32-12-5-2-6-13-32;1-4-10-31(11-5-1)33-18-24-38(25-19-33)47(39-26-20-34(21-27-39)32-12-6-2-7-13-32)40-28-22-35-16-17-36-23-29-42-44(43(36)41(35)30-40)48-45(46-42)37-14-8-3-9-15-37;1-4-10-30(11-5-1)39-40-36-25-22-29-18-16-28-17-19-31(26-35(28)37(29)38(36)42-39)27-20-23-34(24-21-27)41(32-12-6-2-7-13-32)33-14-8-3-9-15-33/h1-28H;1-30H;1-26H. The zero-order chi connectivity index (χ0) is 92.1. The van der Waals surface area contributed by atoms with Crippen molar-refractivity contribution in [1.29, 1.82) is 0 Å². The highest BCUT2D eigenvalue weighted by molar-refractivity contribution is 6.23. The third-order valence-electron chi connectivity index (χ3n) is 26.4. The number of para-hydroxylation sites is 3. The molecule has 0 amide bonds. The summed E-state index contributed by atoms with van der Waals surface area (Å²) >= 11 is 0. The van der Waals surface area contributed by atoms with Crippen molar-refractivity contribution >= 4 is 171 Å². The van der Waals surface area contributed by atoms with Gasteiger partial charge in [0.2, 0.25) is 17.7 Å². The molecule has 139 heavy (non-hydrogen) atoms. The molecule has 27 rings (SSSR count). The van der Waals surface area contributed by atoms with E-state index in [0.717, 1.165) is 193 Å². The minimum Gasteiger partial charge on any atom is -0.456 e. The second kappa shape index (κ2) is 35.6. The van der Waals surface area contributed by atoms with Gasteiger partial charge in [-0.1, -0.05) is 334 Å². The van der Waals surface area contributed by atoms with Crippen molar-refractivity contribution in [2.24, 2.45) is 0 Å². The van der Waals surface area contributed by atoms with Gasteiger partial charge >= 0.3 is 0 Å². The summed E-state index contributed by atoms with van der Waals surface area (Å²) in [5.74, 6) is 1.89. The molecule has 10 nitrogen and oxygen atoms in total. The van der Waals surface area contributed by atoms with Gasteiger partial charge in [-0.25, -0.2) is 15.0 Å². The smallest absolute Gasteiger partial charge is 0.227 e. The summed E-state index contributed by atoms with van der Waals surface area (Å²) in [6, 6.07) is 178. The Kier molecular flexibility index (Phi) is 21.1. The number of nitrogens with zero attached hydrogens (tertiary/aromatic N) is 6. The molecule has 0 atom stereocenters. The van der Waals surface area contributed by atoms with Crippen molar-refractivity contribution in [3.8, 4) is 78.9 Å². The predicted octanol–water partition coefficient (Wildman–Crippen LogP) is 36.4. The third-order valence-corrected chi connectivity index (χ3v) is 26.4. The first-order chi connectivity index (χ1) is 68.9. The van der Waals surface area contributed by atoms with Crippen LogP contribution >= 0.6 is 0 Å². The van der Waals surface area contributed by atoms with Crippen LogP contribution in [0.2, 0.25) is 0 Å². The molecule has 0 aliphatic rings. The van der Waals surface area contributed by atoms with Crippen LogP contribution in [-0.2, 0) is 0 Å². The molecule has 0 saturated carbocycles. The van der Waals surface area contributed by atoms with Crippen molar-refractivity contribution in [3.05, 3.63) is 510 Å². The fourth-order valence-corrected chi connectivity index (χ4v) is 19.6. The number of oxazole rings is 3. The minimum atomic E-state index is 0.621. The van der Waals surface area contributed by atoms with Gasteiger partial charge in [0.1, 0.15) is 27.7 Å². The van der Waals surface area contributed by atoms with Gasteiger partial charge in [-0.2, -0.15) is 0 Å². The average Bonchev–Trinajstić information content (AvgIpc) is 1.68. The molecule has 0 fully saturated rings. The van der Waals surface area contributed by atoms with E-state index < -0.39 is 0 Å². The number of furan rings is 1. The summed E-state index contributed by atoms with van der Waals surface area (Å²) in [4.78, 5) is 21.5. The summed E-state index contributed by atoms with van der Waals surface area (Å²) in [6.07, 6.45) is 0. The minimum absolute atomic E-state index is 0.621. The molecule has 0 aliphatic carbocycles. The van der Waals surface area contributed by atoms with E-state index in [1.807, 2.05) is 133 Å². The summed E-state index contributed by atoms with van der Waals surface area (Å²) < 4.78 is 25.9. The summed E-state index contributed by atoms with van der Waals surface area (Å²) in [5, 5.41) is 15.6. The number of aromatic nitrogens is 3. The lowest BCUT2D eigenvalue weighted by atomic mass is 9.96. The summed E-state index contributed by atoms with van der Waals surface area (Å²) in [5.41, 5.74) is 28.8. The molecular weight excluding hydrogens is 1700 g/mol. The predicted molar refractivity (Wildman–Crippen MR) is 576 cm³/mol. The van der Waals surface area contributed by atoms with Crippen LogP contribution in [0.5, 0.6) is 0 Å². The van der Waals surface area contributed by atoms with E-state index in [1.54, 1.807) is 0 Å². The van der Waals surface area contributed by atoms with Crippen LogP contribution in [0.25, 0.3) is 199 Å². The van der Waals surface area contributed by atoms with E-state index >= 15 is 0 Å². The van der Waals surface area contributed by atoms with E-state index in [-0.39, 0.29) is 0 Å². The zero-order valence-electron chi connectivity index (χ0n) is 75.3. The largest absolute Gasteiger partial charge is 0.456 e. The molecule has 0 bridgehead atoms. The molecule has 0 saturated heterocycles. The Morgan fingerprint density at radius 1 is 0.151 bits per heavy atom. The molecule has 0 spiro atoms. The maximum atomic E-state index is 6.54. The maximum Gasteiger partial charge on any atom is 0.227 e. The highest BCUT2D eigenvalue weighted by Crippen LogP contribution is 2.48. The topological polar surface area (TPSA) is 101 Å². The highest BCUT2D eigenvalue weighted by atomic mass is 16.4. The molecular formula is C129H84N6O4. The van der Waals surface area contributed by atoms with Gasteiger partial charge in [-0.15, -0.1) is 0 Å².